The molecule has 0 spiro atoms. The highest BCUT2D eigenvalue weighted by atomic mass is 35.5. The van der Waals surface area contributed by atoms with Crippen molar-refractivity contribution in [3.8, 4) is 0 Å². The van der Waals surface area contributed by atoms with E-state index in [9.17, 15) is 9.59 Å². The fourth-order valence-electron chi connectivity index (χ4n) is 4.43. The lowest BCUT2D eigenvalue weighted by Gasteiger charge is -2.40. The predicted molar refractivity (Wildman–Crippen MR) is 140 cm³/mol. The van der Waals surface area contributed by atoms with Crippen LogP contribution in [0.25, 0.3) is 11.6 Å². The van der Waals surface area contributed by atoms with Gasteiger partial charge in [-0.2, -0.15) is 0 Å². The molecule has 2 heterocycles. The van der Waals surface area contributed by atoms with Crippen LogP contribution in [-0.2, 0) is 9.59 Å². The number of anilines is 2. The number of fused-ring (bicyclic) bond motifs is 1. The molecule has 0 unspecified atom stereocenters. The molecule has 2 aliphatic heterocycles. The average Bonchev–Trinajstić information content (AvgIpc) is 2.69. The van der Waals surface area contributed by atoms with Crippen LogP contribution in [0, 0.1) is 13.8 Å². The summed E-state index contributed by atoms with van der Waals surface area (Å²) in [7, 11) is 2.02. The minimum Gasteiger partial charge on any atom is -0.365 e. The van der Waals surface area contributed by atoms with E-state index in [1.165, 1.54) is 4.90 Å². The Hall–Kier alpha value is -2.96. The van der Waals surface area contributed by atoms with Gasteiger partial charge in [0.05, 0.1) is 11.2 Å². The minimum absolute atomic E-state index is 0.0178. The molecule has 4 rings (SSSR count). The number of allylic oxidation sites excluding steroid dienone is 1. The van der Waals surface area contributed by atoms with Crippen LogP contribution < -0.4 is 15.1 Å². The summed E-state index contributed by atoms with van der Waals surface area (Å²) in [5, 5.41) is 3.17. The third-order valence-corrected chi connectivity index (χ3v) is 6.81. The zero-order valence-electron chi connectivity index (χ0n) is 19.5. The molecular formula is C26H26ClN3O2S. The van der Waals surface area contributed by atoms with Crippen LogP contribution in [0.1, 0.15) is 43.0 Å². The molecular weight excluding hydrogens is 454 g/mol. The molecule has 1 fully saturated rings. The standard InChI is InChI=1S/C26H26ClN3O2S/c1-14-7-15(2)9-18(8-14)30-24(32)20(23(31)28-25(30)33)11-17-10-19-16(3)13-26(4,5)29(6)22(19)12-21(17)27/h7-13H,1-6H3,(H,28,31,33)/b20-11+. The number of rotatable bonds is 2. The van der Waals surface area contributed by atoms with Crippen molar-refractivity contribution in [3.05, 3.63) is 69.3 Å². The molecule has 5 nitrogen and oxygen atoms in total. The molecule has 0 saturated carbocycles. The number of carbonyl (C=O) groups is 2. The predicted octanol–water partition coefficient (Wildman–Crippen LogP) is 5.42. The summed E-state index contributed by atoms with van der Waals surface area (Å²) in [6, 6.07) is 9.56. The summed E-state index contributed by atoms with van der Waals surface area (Å²) in [4.78, 5) is 29.7. The second-order valence-electron chi connectivity index (χ2n) is 9.23. The first-order chi connectivity index (χ1) is 15.4. The Labute approximate surface area is 204 Å². The number of hydrogen-bond donors (Lipinski definition) is 1. The van der Waals surface area contributed by atoms with E-state index in [2.05, 4.69) is 37.1 Å². The highest BCUT2D eigenvalue weighted by molar-refractivity contribution is 7.80. The van der Waals surface area contributed by atoms with Gasteiger partial charge >= 0.3 is 0 Å². The molecule has 33 heavy (non-hydrogen) atoms. The van der Waals surface area contributed by atoms with Crippen molar-refractivity contribution < 1.29 is 9.59 Å². The number of carbonyl (C=O) groups excluding carboxylic acids is 2. The number of aryl methyl sites for hydroxylation is 2. The molecule has 170 valence electrons. The number of thiocarbonyl (C=S) groups is 1. The van der Waals surface area contributed by atoms with Crippen LogP contribution in [0.2, 0.25) is 5.02 Å². The number of likely N-dealkylation sites (N-methyl/N-ethyl adjacent to an activating group) is 1. The maximum Gasteiger partial charge on any atom is 0.270 e. The van der Waals surface area contributed by atoms with Gasteiger partial charge in [-0.1, -0.05) is 23.7 Å². The van der Waals surface area contributed by atoms with Gasteiger partial charge in [0.2, 0.25) is 0 Å². The number of halogens is 1. The van der Waals surface area contributed by atoms with Crippen molar-refractivity contribution in [3.63, 3.8) is 0 Å². The molecule has 0 aromatic heterocycles. The Morgan fingerprint density at radius 3 is 2.30 bits per heavy atom. The van der Waals surface area contributed by atoms with Crippen LogP contribution in [0.5, 0.6) is 0 Å². The first kappa shape index (κ1) is 23.2. The zero-order valence-corrected chi connectivity index (χ0v) is 21.1. The van der Waals surface area contributed by atoms with Gasteiger partial charge in [-0.15, -0.1) is 0 Å². The summed E-state index contributed by atoms with van der Waals surface area (Å²) >= 11 is 12.0. The molecule has 7 heteroatoms. The summed E-state index contributed by atoms with van der Waals surface area (Å²) in [5.74, 6) is -1.02. The van der Waals surface area contributed by atoms with Gasteiger partial charge in [-0.05, 0) is 99.4 Å². The first-order valence-corrected chi connectivity index (χ1v) is 11.4. The second-order valence-corrected chi connectivity index (χ2v) is 10.0. The van der Waals surface area contributed by atoms with Crippen LogP contribution >= 0.6 is 23.8 Å². The van der Waals surface area contributed by atoms with E-state index >= 15 is 0 Å². The molecule has 2 amide bonds. The number of hydrogen-bond acceptors (Lipinski definition) is 4. The van der Waals surface area contributed by atoms with Crippen LogP contribution in [0.4, 0.5) is 11.4 Å². The Morgan fingerprint density at radius 2 is 1.67 bits per heavy atom. The minimum atomic E-state index is -0.537. The Balaban J connectivity index is 1.80. The quantitative estimate of drug-likeness (QED) is 0.355. The van der Waals surface area contributed by atoms with Gasteiger partial charge in [0.15, 0.2) is 5.11 Å². The van der Waals surface area contributed by atoms with Crippen molar-refractivity contribution in [2.45, 2.75) is 40.2 Å². The number of nitrogens with one attached hydrogen (secondary N) is 1. The molecule has 2 aromatic carbocycles. The SMILES string of the molecule is CC1=CC(C)(C)N(C)c2cc(Cl)c(/C=C3\C(=O)NC(=S)N(c4cc(C)cc(C)c4)C3=O)cc21. The van der Waals surface area contributed by atoms with Gasteiger partial charge in [-0.3, -0.25) is 19.8 Å². The van der Waals surface area contributed by atoms with E-state index in [0.717, 1.165) is 28.0 Å². The van der Waals surface area contributed by atoms with Gasteiger partial charge < -0.3 is 4.90 Å². The lowest BCUT2D eigenvalue weighted by Crippen LogP contribution is -2.54. The number of benzene rings is 2. The molecule has 0 bridgehead atoms. The van der Waals surface area contributed by atoms with E-state index in [1.54, 1.807) is 6.08 Å². The van der Waals surface area contributed by atoms with Crippen LogP contribution in [0.3, 0.4) is 0 Å². The van der Waals surface area contributed by atoms with Crippen molar-refractivity contribution >= 4 is 63.8 Å². The van der Waals surface area contributed by atoms with Crippen molar-refractivity contribution in [2.75, 3.05) is 16.8 Å². The van der Waals surface area contributed by atoms with Gasteiger partial charge in [-0.25, -0.2) is 0 Å². The zero-order chi connectivity index (χ0) is 24.2. The third-order valence-electron chi connectivity index (χ3n) is 6.20. The number of amides is 2. The number of nitrogens with zero attached hydrogens (tertiary/aromatic N) is 2. The lowest BCUT2D eigenvalue weighted by molar-refractivity contribution is -0.122. The first-order valence-electron chi connectivity index (χ1n) is 10.7. The molecule has 1 N–H and O–H groups in total. The molecule has 0 aliphatic carbocycles. The van der Waals surface area contributed by atoms with Crippen LogP contribution in [-0.4, -0.2) is 29.5 Å². The van der Waals surface area contributed by atoms with E-state index in [1.807, 2.05) is 51.2 Å². The van der Waals surface area contributed by atoms with E-state index in [4.69, 9.17) is 23.8 Å². The van der Waals surface area contributed by atoms with E-state index in [-0.39, 0.29) is 16.2 Å². The van der Waals surface area contributed by atoms with Crippen molar-refractivity contribution in [1.29, 1.82) is 0 Å². The largest absolute Gasteiger partial charge is 0.365 e. The van der Waals surface area contributed by atoms with E-state index in [0.29, 0.717) is 16.3 Å². The third kappa shape index (κ3) is 4.09. The molecule has 1 saturated heterocycles. The van der Waals surface area contributed by atoms with Gasteiger partial charge in [0.1, 0.15) is 5.57 Å². The van der Waals surface area contributed by atoms with E-state index < -0.39 is 11.8 Å². The summed E-state index contributed by atoms with van der Waals surface area (Å²) in [6.45, 7) is 10.2. The maximum absolute atomic E-state index is 13.4. The van der Waals surface area contributed by atoms with Gasteiger partial charge in [0.25, 0.3) is 11.8 Å². The summed E-state index contributed by atoms with van der Waals surface area (Å²) < 4.78 is 0. The fraction of sp³-hybridized carbons (Fsp3) is 0.269. The van der Waals surface area contributed by atoms with Gasteiger partial charge in [0, 0.05) is 23.3 Å². The summed E-state index contributed by atoms with van der Waals surface area (Å²) in [6.07, 6.45) is 3.74. The maximum atomic E-state index is 13.4. The highest BCUT2D eigenvalue weighted by Gasteiger charge is 2.35. The Bertz CT molecular complexity index is 1270. The Morgan fingerprint density at radius 1 is 1.03 bits per heavy atom. The summed E-state index contributed by atoms with van der Waals surface area (Å²) in [5.41, 5.74) is 6.17. The molecule has 0 radical (unpaired) electrons. The highest BCUT2D eigenvalue weighted by Crippen LogP contribution is 2.41. The molecule has 2 aromatic rings. The normalized spacial score (nSPS) is 18.9. The smallest absolute Gasteiger partial charge is 0.270 e. The monoisotopic (exact) mass is 479 g/mol. The lowest BCUT2D eigenvalue weighted by atomic mass is 9.88. The fourth-order valence-corrected chi connectivity index (χ4v) is 4.92. The second kappa shape index (κ2) is 8.12. The Kier molecular flexibility index (Phi) is 5.71. The van der Waals surface area contributed by atoms with Crippen molar-refractivity contribution in [1.82, 2.24) is 5.32 Å². The topological polar surface area (TPSA) is 52.7 Å². The molecule has 0 atom stereocenters. The molecule has 2 aliphatic rings. The van der Waals surface area contributed by atoms with Crippen molar-refractivity contribution in [2.24, 2.45) is 0 Å². The van der Waals surface area contributed by atoms with Crippen LogP contribution in [0.15, 0.2) is 42.0 Å². The average molecular weight is 480 g/mol.